The largest absolute Gasteiger partial charge is 0.368 e. The van der Waals surface area contributed by atoms with E-state index in [-0.39, 0.29) is 17.2 Å². The molecule has 2 heterocycles. The summed E-state index contributed by atoms with van der Waals surface area (Å²) < 4.78 is 0. The Bertz CT molecular complexity index is 926. The van der Waals surface area contributed by atoms with Crippen LogP contribution in [0.4, 0.5) is 5.69 Å². The van der Waals surface area contributed by atoms with Crippen molar-refractivity contribution in [2.45, 2.75) is 33.6 Å². The fraction of sp³-hybridized carbons (Fsp3) is 0.429. The molecule has 1 aliphatic rings. The number of ketones is 1. The lowest BCUT2D eigenvalue weighted by atomic mass is 10.1. The number of Topliss-reactive ketones (excluding diaryl/α,β-unsaturated/α-hetero) is 1. The number of benzene rings is 1. The summed E-state index contributed by atoms with van der Waals surface area (Å²) in [5.41, 5.74) is 2.88. The Kier molecular flexibility index (Phi) is 5.92. The Hall–Kier alpha value is -2.96. The second-order valence-corrected chi connectivity index (χ2v) is 7.19. The van der Waals surface area contributed by atoms with Crippen molar-refractivity contribution < 1.29 is 9.59 Å². The Morgan fingerprint density at radius 1 is 1.07 bits per heavy atom. The van der Waals surface area contributed by atoms with E-state index in [1.165, 1.54) is 0 Å². The Balaban J connectivity index is 1.54. The van der Waals surface area contributed by atoms with Gasteiger partial charge >= 0.3 is 0 Å². The third-order valence-electron chi connectivity index (χ3n) is 5.20. The van der Waals surface area contributed by atoms with Gasteiger partial charge in [-0.25, -0.2) is 4.98 Å². The van der Waals surface area contributed by atoms with E-state index < -0.39 is 0 Å². The van der Waals surface area contributed by atoms with Gasteiger partial charge in [0.25, 0.3) is 5.56 Å². The third kappa shape index (κ3) is 4.47. The standard InChI is InChI=1S/C21H26N4O3/c1-14-19(21(28)23-16(3)22-14)8-9-20(27)25-12-10-24(11-13-25)18-6-4-17(5-7-18)15(2)26/h4-7H,8-13H2,1-3H3,(H,22,23,28). The Labute approximate surface area is 164 Å². The average molecular weight is 382 g/mol. The van der Waals surface area contributed by atoms with Crippen LogP contribution < -0.4 is 10.5 Å². The molecule has 0 unspecified atom stereocenters. The molecule has 0 aliphatic carbocycles. The molecule has 1 aliphatic heterocycles. The highest BCUT2D eigenvalue weighted by Crippen LogP contribution is 2.18. The van der Waals surface area contributed by atoms with Gasteiger partial charge in [0.15, 0.2) is 5.78 Å². The smallest absolute Gasteiger partial charge is 0.254 e. The zero-order chi connectivity index (χ0) is 20.3. The first-order valence-electron chi connectivity index (χ1n) is 9.55. The highest BCUT2D eigenvalue weighted by Gasteiger charge is 2.22. The normalized spacial score (nSPS) is 14.2. The van der Waals surface area contributed by atoms with E-state index in [1.54, 1.807) is 20.8 Å². The first-order valence-corrected chi connectivity index (χ1v) is 9.55. The first-order chi connectivity index (χ1) is 13.3. The van der Waals surface area contributed by atoms with Gasteiger partial charge in [-0.2, -0.15) is 0 Å². The lowest BCUT2D eigenvalue weighted by Gasteiger charge is -2.36. The predicted octanol–water partition coefficient (Wildman–Crippen LogP) is 1.87. The number of hydrogen-bond acceptors (Lipinski definition) is 5. The van der Waals surface area contributed by atoms with Crippen LogP contribution in [-0.2, 0) is 11.2 Å². The molecule has 1 amide bonds. The number of aromatic amines is 1. The lowest BCUT2D eigenvalue weighted by molar-refractivity contribution is -0.131. The zero-order valence-electron chi connectivity index (χ0n) is 16.6. The fourth-order valence-electron chi connectivity index (χ4n) is 3.56. The molecule has 28 heavy (non-hydrogen) atoms. The van der Waals surface area contributed by atoms with Crippen molar-refractivity contribution >= 4 is 17.4 Å². The SMILES string of the molecule is CC(=O)c1ccc(N2CCN(C(=O)CCc3c(C)nc(C)[nH]c3=O)CC2)cc1. The molecular weight excluding hydrogens is 356 g/mol. The number of hydrogen-bond donors (Lipinski definition) is 1. The Morgan fingerprint density at radius 3 is 2.29 bits per heavy atom. The summed E-state index contributed by atoms with van der Waals surface area (Å²) in [6.45, 7) is 7.90. The van der Waals surface area contributed by atoms with Crippen molar-refractivity contribution in [2.24, 2.45) is 0 Å². The van der Waals surface area contributed by atoms with E-state index in [9.17, 15) is 14.4 Å². The number of carbonyl (C=O) groups is 2. The van der Waals surface area contributed by atoms with Gasteiger partial charge in [0.05, 0.1) is 0 Å². The van der Waals surface area contributed by atoms with Crippen LogP contribution in [0.3, 0.4) is 0 Å². The van der Waals surface area contributed by atoms with Gasteiger partial charge in [-0.3, -0.25) is 14.4 Å². The van der Waals surface area contributed by atoms with Crippen molar-refractivity contribution in [1.29, 1.82) is 0 Å². The van der Waals surface area contributed by atoms with E-state index in [2.05, 4.69) is 14.9 Å². The Morgan fingerprint density at radius 2 is 1.71 bits per heavy atom. The minimum absolute atomic E-state index is 0.0554. The minimum atomic E-state index is -0.156. The van der Waals surface area contributed by atoms with Gasteiger partial charge in [0.1, 0.15) is 5.82 Å². The molecule has 148 valence electrons. The highest BCUT2D eigenvalue weighted by atomic mass is 16.2. The van der Waals surface area contributed by atoms with Gasteiger partial charge in [0.2, 0.25) is 5.91 Å². The van der Waals surface area contributed by atoms with Crippen LogP contribution in [0.1, 0.15) is 40.8 Å². The molecule has 1 fully saturated rings. The summed E-state index contributed by atoms with van der Waals surface area (Å²) >= 11 is 0. The summed E-state index contributed by atoms with van der Waals surface area (Å²) in [7, 11) is 0. The maximum absolute atomic E-state index is 12.6. The highest BCUT2D eigenvalue weighted by molar-refractivity contribution is 5.94. The first kappa shape index (κ1) is 19.8. The third-order valence-corrected chi connectivity index (χ3v) is 5.20. The number of carbonyl (C=O) groups excluding carboxylic acids is 2. The van der Waals surface area contributed by atoms with Crippen molar-refractivity contribution in [1.82, 2.24) is 14.9 Å². The van der Waals surface area contributed by atoms with Gasteiger partial charge in [0, 0.05) is 55.1 Å². The molecule has 1 saturated heterocycles. The summed E-state index contributed by atoms with van der Waals surface area (Å²) in [5.74, 6) is 0.704. The monoisotopic (exact) mass is 382 g/mol. The van der Waals surface area contributed by atoms with Crippen LogP contribution >= 0.6 is 0 Å². The van der Waals surface area contributed by atoms with E-state index in [4.69, 9.17) is 0 Å². The summed E-state index contributed by atoms with van der Waals surface area (Å²) in [6, 6.07) is 7.58. The topological polar surface area (TPSA) is 86.4 Å². The molecule has 0 saturated carbocycles. The van der Waals surface area contributed by atoms with E-state index >= 15 is 0 Å². The predicted molar refractivity (Wildman–Crippen MR) is 108 cm³/mol. The molecule has 1 aromatic carbocycles. The summed E-state index contributed by atoms with van der Waals surface area (Å²) in [5, 5.41) is 0. The van der Waals surface area contributed by atoms with Crippen LogP contribution in [0, 0.1) is 13.8 Å². The number of nitrogens with zero attached hydrogens (tertiary/aromatic N) is 3. The van der Waals surface area contributed by atoms with Crippen LogP contribution in [-0.4, -0.2) is 52.7 Å². The van der Waals surface area contributed by atoms with Gasteiger partial charge in [-0.1, -0.05) is 0 Å². The average Bonchev–Trinajstić information content (AvgIpc) is 2.67. The van der Waals surface area contributed by atoms with Crippen molar-refractivity contribution in [3.8, 4) is 0 Å². The number of H-pyrrole nitrogens is 1. The molecule has 0 radical (unpaired) electrons. The molecule has 2 aromatic rings. The molecule has 7 nitrogen and oxygen atoms in total. The van der Waals surface area contributed by atoms with E-state index in [0.29, 0.717) is 48.6 Å². The molecule has 1 aromatic heterocycles. The molecule has 3 rings (SSSR count). The molecule has 0 spiro atoms. The maximum atomic E-state index is 12.6. The van der Waals surface area contributed by atoms with Crippen molar-refractivity contribution in [3.05, 3.63) is 57.3 Å². The van der Waals surface area contributed by atoms with E-state index in [0.717, 1.165) is 18.8 Å². The van der Waals surface area contributed by atoms with Crippen LogP contribution in [0.15, 0.2) is 29.1 Å². The second kappa shape index (κ2) is 8.37. The number of piperazine rings is 1. The number of aromatic nitrogens is 2. The van der Waals surface area contributed by atoms with Gasteiger partial charge in [-0.05, 0) is 51.5 Å². The summed E-state index contributed by atoms with van der Waals surface area (Å²) in [4.78, 5) is 47.1. The maximum Gasteiger partial charge on any atom is 0.254 e. The molecular formula is C21H26N4O3. The molecule has 1 N–H and O–H groups in total. The van der Waals surface area contributed by atoms with Crippen LogP contribution in [0.25, 0.3) is 0 Å². The van der Waals surface area contributed by atoms with Crippen molar-refractivity contribution in [3.63, 3.8) is 0 Å². The quantitative estimate of drug-likeness (QED) is 0.798. The fourth-order valence-corrected chi connectivity index (χ4v) is 3.56. The molecule has 0 bridgehead atoms. The van der Waals surface area contributed by atoms with Gasteiger partial charge < -0.3 is 14.8 Å². The second-order valence-electron chi connectivity index (χ2n) is 7.19. The molecule has 0 atom stereocenters. The lowest BCUT2D eigenvalue weighted by Crippen LogP contribution is -2.48. The minimum Gasteiger partial charge on any atom is -0.368 e. The van der Waals surface area contributed by atoms with Crippen LogP contribution in [0.5, 0.6) is 0 Å². The number of nitrogens with one attached hydrogen (secondary N) is 1. The van der Waals surface area contributed by atoms with Crippen molar-refractivity contribution in [2.75, 3.05) is 31.1 Å². The number of anilines is 1. The van der Waals surface area contributed by atoms with Crippen LogP contribution in [0.2, 0.25) is 0 Å². The summed E-state index contributed by atoms with van der Waals surface area (Å²) in [6.07, 6.45) is 0.710. The number of rotatable bonds is 5. The molecule has 7 heteroatoms. The zero-order valence-corrected chi connectivity index (χ0v) is 16.6. The van der Waals surface area contributed by atoms with E-state index in [1.807, 2.05) is 29.2 Å². The number of amides is 1. The number of aryl methyl sites for hydroxylation is 2. The van der Waals surface area contributed by atoms with Gasteiger partial charge in [-0.15, -0.1) is 0 Å².